The fraction of sp³-hybridized carbons (Fsp3) is 0.667. The van der Waals surface area contributed by atoms with Crippen LogP contribution >= 0.6 is 0 Å². The summed E-state index contributed by atoms with van der Waals surface area (Å²) < 4.78 is 0. The summed E-state index contributed by atoms with van der Waals surface area (Å²) in [6, 6.07) is 8.78. The van der Waals surface area contributed by atoms with E-state index < -0.39 is 0 Å². The fourth-order valence-electron chi connectivity index (χ4n) is 3.63. The maximum Gasteiger partial charge on any atom is 0.0521 e. The molecule has 2 N–H and O–H groups in total. The molecule has 0 aromatic heterocycles. The number of benzene rings is 1. The van der Waals surface area contributed by atoms with Gasteiger partial charge in [0.1, 0.15) is 0 Å². The number of likely N-dealkylation sites (N-methyl/N-ethyl adjacent to an activating group) is 1. The Bertz CT molecular complexity index is 431. The number of nitrogens with two attached hydrogens (primary N) is 1. The lowest BCUT2D eigenvalue weighted by molar-refractivity contribution is 0.194. The highest BCUT2D eigenvalue weighted by Crippen LogP contribution is 2.40. The van der Waals surface area contributed by atoms with E-state index in [4.69, 9.17) is 5.73 Å². The number of aryl methyl sites for hydroxylation is 1. The topological polar surface area (TPSA) is 29.3 Å². The molecular formula is C18H30N2. The third-order valence-electron chi connectivity index (χ3n) is 5.38. The standard InChI is InChI=1S/C18H30N2/c1-14(2)16-8-10-18(13-19,11-9-16)20(4)17-7-5-6-15(3)12-17/h5-7,12,14,16H,8-11,13,19H2,1-4H3. The molecule has 0 aliphatic heterocycles. The molecule has 0 radical (unpaired) electrons. The van der Waals surface area contributed by atoms with Gasteiger partial charge >= 0.3 is 0 Å². The second kappa shape index (κ2) is 6.17. The molecule has 0 amide bonds. The Morgan fingerprint density at radius 3 is 2.45 bits per heavy atom. The molecule has 1 aromatic rings. The molecule has 0 spiro atoms. The van der Waals surface area contributed by atoms with Gasteiger partial charge in [-0.2, -0.15) is 0 Å². The van der Waals surface area contributed by atoms with Crippen LogP contribution in [0, 0.1) is 18.8 Å². The average Bonchev–Trinajstić information content (AvgIpc) is 2.46. The molecule has 112 valence electrons. The van der Waals surface area contributed by atoms with Crippen LogP contribution in [0.2, 0.25) is 0 Å². The summed E-state index contributed by atoms with van der Waals surface area (Å²) >= 11 is 0. The van der Waals surface area contributed by atoms with Crippen LogP contribution in [0.3, 0.4) is 0 Å². The minimum Gasteiger partial charge on any atom is -0.368 e. The van der Waals surface area contributed by atoms with Crippen molar-refractivity contribution in [3.05, 3.63) is 29.8 Å². The van der Waals surface area contributed by atoms with Crippen molar-refractivity contribution >= 4 is 5.69 Å². The second-order valence-corrected chi connectivity index (χ2v) is 6.91. The summed E-state index contributed by atoms with van der Waals surface area (Å²) in [7, 11) is 2.22. The van der Waals surface area contributed by atoms with Gasteiger partial charge in [-0.1, -0.05) is 26.0 Å². The monoisotopic (exact) mass is 274 g/mol. The van der Waals surface area contributed by atoms with Crippen LogP contribution < -0.4 is 10.6 Å². The Morgan fingerprint density at radius 2 is 1.95 bits per heavy atom. The van der Waals surface area contributed by atoms with Gasteiger partial charge in [0.05, 0.1) is 5.54 Å². The zero-order valence-electron chi connectivity index (χ0n) is 13.5. The second-order valence-electron chi connectivity index (χ2n) is 6.91. The van der Waals surface area contributed by atoms with Gasteiger partial charge in [0.15, 0.2) is 0 Å². The van der Waals surface area contributed by atoms with Crippen molar-refractivity contribution in [1.82, 2.24) is 0 Å². The summed E-state index contributed by atoms with van der Waals surface area (Å²) in [4.78, 5) is 2.44. The molecule has 1 aliphatic carbocycles. The van der Waals surface area contributed by atoms with Crippen molar-refractivity contribution in [2.24, 2.45) is 17.6 Å². The molecule has 0 heterocycles. The zero-order chi connectivity index (χ0) is 14.8. The quantitative estimate of drug-likeness (QED) is 0.900. The van der Waals surface area contributed by atoms with E-state index in [0.717, 1.165) is 18.4 Å². The summed E-state index contributed by atoms with van der Waals surface area (Å²) in [5.74, 6) is 1.68. The smallest absolute Gasteiger partial charge is 0.0521 e. The SMILES string of the molecule is Cc1cccc(N(C)C2(CN)CCC(C(C)C)CC2)c1. The van der Waals surface area contributed by atoms with Gasteiger partial charge in [-0.05, 0) is 62.1 Å². The van der Waals surface area contributed by atoms with Crippen molar-refractivity contribution in [2.45, 2.75) is 52.0 Å². The first-order valence-electron chi connectivity index (χ1n) is 7.99. The van der Waals surface area contributed by atoms with Gasteiger partial charge in [-0.15, -0.1) is 0 Å². The van der Waals surface area contributed by atoms with Crippen molar-refractivity contribution in [2.75, 3.05) is 18.5 Å². The highest BCUT2D eigenvalue weighted by molar-refractivity contribution is 5.50. The van der Waals surface area contributed by atoms with Gasteiger partial charge in [0, 0.05) is 19.3 Å². The number of nitrogens with zero attached hydrogens (tertiary/aromatic N) is 1. The van der Waals surface area contributed by atoms with E-state index in [1.54, 1.807) is 0 Å². The first-order chi connectivity index (χ1) is 9.48. The number of anilines is 1. The highest BCUT2D eigenvalue weighted by atomic mass is 15.2. The Hall–Kier alpha value is -1.02. The summed E-state index contributed by atoms with van der Waals surface area (Å²) in [6.45, 7) is 7.61. The Morgan fingerprint density at radius 1 is 1.30 bits per heavy atom. The van der Waals surface area contributed by atoms with Crippen LogP contribution in [0.1, 0.15) is 45.1 Å². The molecule has 1 fully saturated rings. The highest BCUT2D eigenvalue weighted by Gasteiger charge is 2.38. The Balaban J connectivity index is 2.16. The van der Waals surface area contributed by atoms with Crippen LogP contribution in [-0.4, -0.2) is 19.1 Å². The average molecular weight is 274 g/mol. The molecule has 2 heteroatoms. The van der Waals surface area contributed by atoms with Crippen molar-refractivity contribution in [3.8, 4) is 0 Å². The van der Waals surface area contributed by atoms with E-state index in [2.05, 4.69) is 57.0 Å². The van der Waals surface area contributed by atoms with Crippen LogP contribution in [0.5, 0.6) is 0 Å². The van der Waals surface area contributed by atoms with Gasteiger partial charge in [0.25, 0.3) is 0 Å². The molecule has 1 aliphatic rings. The molecule has 0 saturated heterocycles. The largest absolute Gasteiger partial charge is 0.368 e. The lowest BCUT2D eigenvalue weighted by atomic mass is 9.72. The number of hydrogen-bond acceptors (Lipinski definition) is 2. The lowest BCUT2D eigenvalue weighted by Crippen LogP contribution is -2.54. The molecule has 2 rings (SSSR count). The van der Waals surface area contributed by atoms with Crippen molar-refractivity contribution in [3.63, 3.8) is 0 Å². The fourth-order valence-corrected chi connectivity index (χ4v) is 3.63. The van der Waals surface area contributed by atoms with Crippen LogP contribution in [0.15, 0.2) is 24.3 Å². The first-order valence-corrected chi connectivity index (χ1v) is 7.99. The maximum absolute atomic E-state index is 6.19. The molecule has 0 atom stereocenters. The predicted octanol–water partition coefficient (Wildman–Crippen LogP) is 3.97. The van der Waals surface area contributed by atoms with E-state index in [0.29, 0.717) is 0 Å². The maximum atomic E-state index is 6.19. The number of hydrogen-bond donors (Lipinski definition) is 1. The first kappa shape index (κ1) is 15.4. The van der Waals surface area contributed by atoms with Gasteiger partial charge in [0.2, 0.25) is 0 Å². The van der Waals surface area contributed by atoms with E-state index in [9.17, 15) is 0 Å². The Kier molecular flexibility index (Phi) is 4.74. The molecule has 20 heavy (non-hydrogen) atoms. The van der Waals surface area contributed by atoms with Crippen LogP contribution in [-0.2, 0) is 0 Å². The van der Waals surface area contributed by atoms with Gasteiger partial charge < -0.3 is 10.6 Å². The van der Waals surface area contributed by atoms with Crippen molar-refractivity contribution < 1.29 is 0 Å². The molecule has 1 saturated carbocycles. The van der Waals surface area contributed by atoms with Crippen molar-refractivity contribution in [1.29, 1.82) is 0 Å². The predicted molar refractivity (Wildman–Crippen MR) is 88.2 cm³/mol. The molecule has 1 aromatic carbocycles. The third kappa shape index (κ3) is 3.01. The molecule has 0 bridgehead atoms. The lowest BCUT2D eigenvalue weighted by Gasteiger charge is -2.48. The zero-order valence-corrected chi connectivity index (χ0v) is 13.5. The summed E-state index contributed by atoms with van der Waals surface area (Å²) in [6.07, 6.45) is 5.06. The minimum absolute atomic E-state index is 0.152. The minimum atomic E-state index is 0.152. The van der Waals surface area contributed by atoms with Gasteiger partial charge in [-0.25, -0.2) is 0 Å². The van der Waals surface area contributed by atoms with E-state index in [-0.39, 0.29) is 5.54 Å². The summed E-state index contributed by atoms with van der Waals surface area (Å²) in [5.41, 5.74) is 8.97. The van der Waals surface area contributed by atoms with Crippen LogP contribution in [0.25, 0.3) is 0 Å². The third-order valence-corrected chi connectivity index (χ3v) is 5.38. The van der Waals surface area contributed by atoms with Crippen LogP contribution in [0.4, 0.5) is 5.69 Å². The molecule has 2 nitrogen and oxygen atoms in total. The molecular weight excluding hydrogens is 244 g/mol. The van der Waals surface area contributed by atoms with E-state index in [1.165, 1.54) is 36.9 Å². The van der Waals surface area contributed by atoms with Gasteiger partial charge in [-0.3, -0.25) is 0 Å². The Labute approximate surface area is 124 Å². The van der Waals surface area contributed by atoms with E-state index in [1.807, 2.05) is 0 Å². The summed E-state index contributed by atoms with van der Waals surface area (Å²) in [5, 5.41) is 0. The van der Waals surface area contributed by atoms with E-state index >= 15 is 0 Å². The normalized spacial score (nSPS) is 26.8. The molecule has 0 unspecified atom stereocenters. The number of rotatable bonds is 4.